The second-order valence-electron chi connectivity index (χ2n) is 13.0. The molecule has 3 fully saturated rings. The van der Waals surface area contributed by atoms with Gasteiger partial charge in [-0.05, 0) is 89.4 Å². The van der Waals surface area contributed by atoms with Gasteiger partial charge in [0.15, 0.2) is 11.9 Å². The minimum atomic E-state index is -2.16. The number of hydrogen-bond donors (Lipinski definition) is 6. The SMILES string of the molecule is CC1=C(C)C(O)C(C(C)(O)C2(O)CCC3(O)C4CC(Cl)C5(O)C(O)C=CC(=O)C5(C)C4CCC32C)OC1=O. The minimum Gasteiger partial charge on any atom is -0.453 e. The zero-order valence-electron chi connectivity index (χ0n) is 22.4. The Hall–Kier alpha value is -1.33. The van der Waals surface area contributed by atoms with Crippen LogP contribution in [0, 0.1) is 22.7 Å². The molecule has 10 heteroatoms. The van der Waals surface area contributed by atoms with Crippen molar-refractivity contribution in [1.29, 1.82) is 0 Å². The first-order valence-electron chi connectivity index (χ1n) is 13.4. The smallest absolute Gasteiger partial charge is 0.334 e. The molecule has 9 nitrogen and oxygen atoms in total. The lowest BCUT2D eigenvalue weighted by molar-refractivity contribution is -0.299. The first kappa shape index (κ1) is 28.2. The van der Waals surface area contributed by atoms with Gasteiger partial charge < -0.3 is 35.4 Å². The third-order valence-electron chi connectivity index (χ3n) is 11.9. The Labute approximate surface area is 227 Å². The highest BCUT2D eigenvalue weighted by Gasteiger charge is 2.79. The van der Waals surface area contributed by atoms with E-state index in [1.807, 2.05) is 0 Å². The Morgan fingerprint density at radius 3 is 2.32 bits per heavy atom. The molecule has 6 N–H and O–H groups in total. The largest absolute Gasteiger partial charge is 0.453 e. The Bertz CT molecular complexity index is 1150. The predicted molar refractivity (Wildman–Crippen MR) is 136 cm³/mol. The van der Waals surface area contributed by atoms with Crippen molar-refractivity contribution in [2.75, 3.05) is 0 Å². The average Bonchev–Trinajstić information content (AvgIpc) is 3.08. The summed E-state index contributed by atoms with van der Waals surface area (Å²) in [4.78, 5) is 25.8. The van der Waals surface area contributed by atoms with Crippen LogP contribution in [0.5, 0.6) is 0 Å². The number of aliphatic hydroxyl groups is 6. The van der Waals surface area contributed by atoms with Crippen molar-refractivity contribution in [2.24, 2.45) is 22.7 Å². The van der Waals surface area contributed by atoms with Gasteiger partial charge in [-0.25, -0.2) is 4.79 Å². The summed E-state index contributed by atoms with van der Waals surface area (Å²) >= 11 is 6.73. The van der Waals surface area contributed by atoms with E-state index >= 15 is 0 Å². The molecule has 212 valence electrons. The van der Waals surface area contributed by atoms with Crippen LogP contribution in [0.2, 0.25) is 0 Å². The molecule has 3 saturated carbocycles. The van der Waals surface area contributed by atoms with E-state index in [4.69, 9.17) is 16.3 Å². The summed E-state index contributed by atoms with van der Waals surface area (Å²) in [6.45, 7) is 7.68. The molecule has 0 bridgehead atoms. The van der Waals surface area contributed by atoms with Crippen LogP contribution in [-0.2, 0) is 14.3 Å². The number of carbonyl (C=O) groups excluding carboxylic acids is 2. The number of halogens is 1. The lowest BCUT2D eigenvalue weighted by Gasteiger charge is -2.67. The molecule has 0 spiro atoms. The molecule has 4 aliphatic carbocycles. The van der Waals surface area contributed by atoms with Gasteiger partial charge >= 0.3 is 5.97 Å². The van der Waals surface area contributed by atoms with E-state index < -0.39 is 74.7 Å². The van der Waals surface area contributed by atoms with Crippen LogP contribution in [0.15, 0.2) is 23.3 Å². The van der Waals surface area contributed by atoms with Crippen molar-refractivity contribution in [3.05, 3.63) is 23.3 Å². The van der Waals surface area contributed by atoms with Gasteiger partial charge in [-0.15, -0.1) is 11.6 Å². The quantitative estimate of drug-likeness (QED) is 0.215. The van der Waals surface area contributed by atoms with Crippen molar-refractivity contribution in [3.63, 3.8) is 0 Å². The Kier molecular flexibility index (Phi) is 6.03. The summed E-state index contributed by atoms with van der Waals surface area (Å²) in [5.74, 6) is -2.29. The van der Waals surface area contributed by atoms with Gasteiger partial charge in [0.2, 0.25) is 0 Å². The number of hydrogen-bond acceptors (Lipinski definition) is 9. The molecule has 5 aliphatic rings. The van der Waals surface area contributed by atoms with Crippen molar-refractivity contribution < 1.29 is 45.0 Å². The fourth-order valence-corrected chi connectivity index (χ4v) is 9.62. The predicted octanol–water partition coefficient (Wildman–Crippen LogP) is 0.897. The second-order valence-corrected chi connectivity index (χ2v) is 13.5. The lowest BCUT2D eigenvalue weighted by Crippen LogP contribution is -2.77. The first-order chi connectivity index (χ1) is 17.4. The summed E-state index contributed by atoms with van der Waals surface area (Å²) in [5, 5.41) is 69.0. The van der Waals surface area contributed by atoms with E-state index in [9.17, 15) is 40.2 Å². The lowest BCUT2D eigenvalue weighted by atomic mass is 9.41. The van der Waals surface area contributed by atoms with Crippen LogP contribution in [0.25, 0.3) is 0 Å². The molecule has 12 atom stereocenters. The number of aliphatic hydroxyl groups excluding tert-OH is 2. The molecule has 12 unspecified atom stereocenters. The molecule has 0 aromatic rings. The third kappa shape index (κ3) is 2.89. The summed E-state index contributed by atoms with van der Waals surface area (Å²) in [7, 11) is 0. The highest BCUT2D eigenvalue weighted by Crippen LogP contribution is 2.71. The van der Waals surface area contributed by atoms with E-state index in [0.717, 1.165) is 0 Å². The van der Waals surface area contributed by atoms with Gasteiger partial charge in [0.25, 0.3) is 0 Å². The van der Waals surface area contributed by atoms with Crippen LogP contribution in [0.3, 0.4) is 0 Å². The average molecular weight is 555 g/mol. The van der Waals surface area contributed by atoms with Crippen LogP contribution < -0.4 is 0 Å². The number of fused-ring (bicyclic) bond motifs is 5. The van der Waals surface area contributed by atoms with Crippen molar-refractivity contribution in [3.8, 4) is 0 Å². The van der Waals surface area contributed by atoms with Gasteiger partial charge in [-0.2, -0.15) is 0 Å². The maximum absolute atomic E-state index is 13.3. The number of cyclic esters (lactones) is 1. The summed E-state index contributed by atoms with van der Waals surface area (Å²) in [5.41, 5.74) is -9.98. The van der Waals surface area contributed by atoms with Gasteiger partial charge in [0, 0.05) is 11.0 Å². The van der Waals surface area contributed by atoms with E-state index in [1.54, 1.807) is 20.8 Å². The normalized spacial score (nSPS) is 54.1. The molecule has 1 heterocycles. The molecule has 0 saturated heterocycles. The van der Waals surface area contributed by atoms with Crippen molar-refractivity contribution in [1.82, 2.24) is 0 Å². The van der Waals surface area contributed by atoms with Crippen LogP contribution in [0.4, 0.5) is 0 Å². The van der Waals surface area contributed by atoms with Crippen molar-refractivity contribution >= 4 is 23.4 Å². The first-order valence-corrected chi connectivity index (χ1v) is 13.8. The number of ketones is 1. The van der Waals surface area contributed by atoms with E-state index in [1.165, 1.54) is 26.0 Å². The maximum atomic E-state index is 13.3. The monoisotopic (exact) mass is 554 g/mol. The number of esters is 1. The number of rotatable bonds is 2. The number of ether oxygens (including phenoxy) is 1. The molecule has 0 amide bonds. The number of carbonyl (C=O) groups is 2. The van der Waals surface area contributed by atoms with E-state index in [-0.39, 0.29) is 37.0 Å². The summed E-state index contributed by atoms with van der Waals surface area (Å²) in [6, 6.07) is 0. The molecule has 0 aromatic heterocycles. The maximum Gasteiger partial charge on any atom is 0.334 e. The topological polar surface area (TPSA) is 165 Å². The van der Waals surface area contributed by atoms with Crippen molar-refractivity contribution in [2.45, 2.75) is 113 Å². The van der Waals surface area contributed by atoms with Gasteiger partial charge in [0.1, 0.15) is 29.0 Å². The summed E-state index contributed by atoms with van der Waals surface area (Å²) < 4.78 is 5.46. The minimum absolute atomic E-state index is 0.0482. The summed E-state index contributed by atoms with van der Waals surface area (Å²) in [6.07, 6.45) is -1.18. The fraction of sp³-hybridized carbons (Fsp3) is 0.786. The Morgan fingerprint density at radius 1 is 1.05 bits per heavy atom. The zero-order chi connectivity index (χ0) is 28.4. The number of alkyl halides is 1. The van der Waals surface area contributed by atoms with E-state index in [2.05, 4.69) is 0 Å². The van der Waals surface area contributed by atoms with E-state index in [0.29, 0.717) is 12.0 Å². The standard InChI is InChI=1S/C28H39ClO9/c1-13-14(2)22(33)38-21(20(13)32)25(5,34)27(36)11-10-26(35)16-12-17(29)28(37)19(31)7-6-18(30)24(28,4)15(16)8-9-23(26,27)3/h6-7,15-17,19-21,31-32,34-37H,8-12H2,1-5H3. The van der Waals surface area contributed by atoms with Gasteiger partial charge in [0.05, 0.1) is 16.4 Å². The van der Waals surface area contributed by atoms with Crippen LogP contribution in [0.1, 0.15) is 66.7 Å². The molecule has 0 aromatic carbocycles. The molecular formula is C28H39ClO9. The molecule has 38 heavy (non-hydrogen) atoms. The fourth-order valence-electron chi connectivity index (χ4n) is 9.07. The van der Waals surface area contributed by atoms with Crippen LogP contribution in [-0.4, -0.2) is 88.5 Å². The van der Waals surface area contributed by atoms with Gasteiger partial charge in [-0.1, -0.05) is 6.92 Å². The highest BCUT2D eigenvalue weighted by molar-refractivity contribution is 6.22. The zero-order valence-corrected chi connectivity index (χ0v) is 23.2. The molecule has 5 rings (SSSR count). The molecule has 1 aliphatic heterocycles. The van der Waals surface area contributed by atoms with Gasteiger partial charge in [-0.3, -0.25) is 4.79 Å². The Morgan fingerprint density at radius 2 is 1.68 bits per heavy atom. The molecular weight excluding hydrogens is 516 g/mol. The molecule has 0 radical (unpaired) electrons. The van der Waals surface area contributed by atoms with Crippen LogP contribution >= 0.6 is 11.6 Å². The number of allylic oxidation sites excluding steroid dienone is 1. The second kappa shape index (κ2) is 8.12. The third-order valence-corrected chi connectivity index (χ3v) is 12.5. The highest BCUT2D eigenvalue weighted by atomic mass is 35.5. The Balaban J connectivity index is 1.58.